The van der Waals surface area contributed by atoms with Crippen molar-refractivity contribution in [1.29, 1.82) is 0 Å². The van der Waals surface area contributed by atoms with Gasteiger partial charge in [-0.25, -0.2) is 4.98 Å². The van der Waals surface area contributed by atoms with Gasteiger partial charge in [0.15, 0.2) is 0 Å². The summed E-state index contributed by atoms with van der Waals surface area (Å²) in [6, 6.07) is 14.1. The van der Waals surface area contributed by atoms with E-state index in [2.05, 4.69) is 43.1 Å². The number of amides is 1. The van der Waals surface area contributed by atoms with Crippen LogP contribution in [0.5, 0.6) is 5.19 Å². The fourth-order valence-electron chi connectivity index (χ4n) is 3.56. The van der Waals surface area contributed by atoms with Gasteiger partial charge in [-0.2, -0.15) is 0 Å². The zero-order valence-corrected chi connectivity index (χ0v) is 19.5. The highest BCUT2D eigenvalue weighted by Crippen LogP contribution is 2.33. The number of hydrogen-bond acceptors (Lipinski definition) is 5. The molecular weight excluding hydrogens is 436 g/mol. The van der Waals surface area contributed by atoms with E-state index in [0.717, 1.165) is 41.7 Å². The number of fused-ring (bicyclic) bond motifs is 1. The smallest absolute Gasteiger partial charge is 0.274 e. The maximum absolute atomic E-state index is 12.7. The Labute approximate surface area is 190 Å². The Morgan fingerprint density at radius 1 is 1.23 bits per heavy atom. The average molecular weight is 461 g/mol. The van der Waals surface area contributed by atoms with Gasteiger partial charge in [-0.05, 0) is 29.8 Å². The van der Waals surface area contributed by atoms with Crippen molar-refractivity contribution >= 4 is 50.8 Å². The lowest BCUT2D eigenvalue weighted by atomic mass is 10.1. The fourth-order valence-corrected chi connectivity index (χ4v) is 5.57. The summed E-state index contributed by atoms with van der Waals surface area (Å²) in [5.74, 6) is 0.185. The van der Waals surface area contributed by atoms with Crippen LogP contribution in [0.25, 0.3) is 10.2 Å². The number of rotatable bonds is 6. The third-order valence-corrected chi connectivity index (χ3v) is 7.29. The van der Waals surface area contributed by atoms with E-state index in [1.54, 1.807) is 0 Å². The molecule has 1 aromatic heterocycles. The summed E-state index contributed by atoms with van der Waals surface area (Å²) in [6.07, 6.45) is 2.17. The molecule has 0 aliphatic carbocycles. The van der Waals surface area contributed by atoms with Gasteiger partial charge in [0.2, 0.25) is 5.91 Å². The molecule has 4 rings (SSSR count). The Hall–Kier alpha value is -1.76. The SMILES string of the molecule is CC(C)Sc1ccc(CC(=O)N2CCC(Oc3nc4c(Cl)cccc4s3)CC2)cc1. The second kappa shape index (κ2) is 9.58. The minimum atomic E-state index is 0.0840. The molecule has 158 valence electrons. The monoisotopic (exact) mass is 460 g/mol. The van der Waals surface area contributed by atoms with E-state index in [-0.39, 0.29) is 12.0 Å². The van der Waals surface area contributed by atoms with Crippen molar-refractivity contribution < 1.29 is 9.53 Å². The van der Waals surface area contributed by atoms with Crippen LogP contribution in [0.1, 0.15) is 32.3 Å². The predicted octanol–water partition coefficient (Wildman–Crippen LogP) is 6.06. The number of ether oxygens (including phenoxy) is 1. The lowest BCUT2D eigenvalue weighted by molar-refractivity contribution is -0.132. The van der Waals surface area contributed by atoms with Gasteiger partial charge >= 0.3 is 0 Å². The number of para-hydroxylation sites is 1. The first-order valence-corrected chi connectivity index (χ1v) is 12.3. The lowest BCUT2D eigenvalue weighted by Crippen LogP contribution is -2.42. The van der Waals surface area contributed by atoms with Gasteiger partial charge in [-0.1, -0.05) is 55.0 Å². The van der Waals surface area contributed by atoms with Crippen molar-refractivity contribution in [3.63, 3.8) is 0 Å². The summed E-state index contributed by atoms with van der Waals surface area (Å²) >= 11 is 9.56. The summed E-state index contributed by atoms with van der Waals surface area (Å²) in [4.78, 5) is 20.4. The molecule has 0 bridgehead atoms. The zero-order valence-electron chi connectivity index (χ0n) is 17.1. The van der Waals surface area contributed by atoms with Crippen molar-refractivity contribution in [2.75, 3.05) is 13.1 Å². The second-order valence-corrected chi connectivity index (χ2v) is 10.8. The van der Waals surface area contributed by atoms with Gasteiger partial charge in [0.25, 0.3) is 5.19 Å². The maximum Gasteiger partial charge on any atom is 0.274 e. The second-order valence-electron chi connectivity index (χ2n) is 7.75. The lowest BCUT2D eigenvalue weighted by Gasteiger charge is -2.31. The summed E-state index contributed by atoms with van der Waals surface area (Å²) in [5, 5.41) is 1.86. The van der Waals surface area contributed by atoms with Crippen LogP contribution in [0, 0.1) is 0 Å². The highest BCUT2D eigenvalue weighted by Gasteiger charge is 2.25. The highest BCUT2D eigenvalue weighted by molar-refractivity contribution is 7.99. The average Bonchev–Trinajstić information content (AvgIpc) is 3.13. The molecule has 0 radical (unpaired) electrons. The Balaban J connectivity index is 1.28. The van der Waals surface area contributed by atoms with Gasteiger partial charge in [-0.15, -0.1) is 11.8 Å². The normalized spacial score (nSPS) is 15.1. The van der Waals surface area contributed by atoms with E-state index in [1.807, 2.05) is 34.9 Å². The fraction of sp³-hybridized carbons (Fsp3) is 0.391. The Morgan fingerprint density at radius 3 is 2.63 bits per heavy atom. The van der Waals surface area contributed by atoms with E-state index in [0.29, 0.717) is 21.9 Å². The van der Waals surface area contributed by atoms with Crippen LogP contribution >= 0.6 is 34.7 Å². The van der Waals surface area contributed by atoms with Gasteiger partial charge in [0, 0.05) is 36.1 Å². The Kier molecular flexibility index (Phi) is 6.86. The first-order chi connectivity index (χ1) is 14.5. The number of likely N-dealkylation sites (tertiary alicyclic amines) is 1. The molecule has 0 saturated carbocycles. The molecule has 0 N–H and O–H groups in total. The molecule has 1 saturated heterocycles. The highest BCUT2D eigenvalue weighted by atomic mass is 35.5. The minimum Gasteiger partial charge on any atom is -0.467 e. The Morgan fingerprint density at radius 2 is 1.97 bits per heavy atom. The number of carbonyl (C=O) groups excluding carboxylic acids is 1. The molecule has 0 unspecified atom stereocenters. The van der Waals surface area contributed by atoms with Gasteiger partial charge < -0.3 is 9.64 Å². The summed E-state index contributed by atoms with van der Waals surface area (Å²) in [7, 11) is 0. The number of halogens is 1. The molecule has 30 heavy (non-hydrogen) atoms. The van der Waals surface area contributed by atoms with E-state index in [4.69, 9.17) is 16.3 Å². The van der Waals surface area contributed by atoms with Gasteiger partial charge in [-0.3, -0.25) is 4.79 Å². The first kappa shape index (κ1) is 21.5. The molecule has 2 heterocycles. The van der Waals surface area contributed by atoms with Gasteiger partial charge in [0.05, 0.1) is 16.1 Å². The molecule has 2 aromatic carbocycles. The standard InChI is InChI=1S/C23H25ClN2O2S2/c1-15(2)29-18-8-6-16(7-9-18)14-21(27)26-12-10-17(11-13-26)28-23-25-22-19(24)4-3-5-20(22)30-23/h3-9,15,17H,10-14H2,1-2H3. The van der Waals surface area contributed by atoms with Crippen molar-refractivity contribution in [2.24, 2.45) is 0 Å². The number of thioether (sulfide) groups is 1. The zero-order chi connectivity index (χ0) is 21.1. The van der Waals surface area contributed by atoms with E-state index >= 15 is 0 Å². The van der Waals surface area contributed by atoms with E-state index in [1.165, 1.54) is 16.2 Å². The third kappa shape index (κ3) is 5.29. The topological polar surface area (TPSA) is 42.4 Å². The van der Waals surface area contributed by atoms with Crippen molar-refractivity contribution in [3.8, 4) is 5.19 Å². The first-order valence-electron chi connectivity index (χ1n) is 10.2. The molecule has 1 aliphatic rings. The molecule has 1 fully saturated rings. The summed E-state index contributed by atoms with van der Waals surface area (Å²) in [6.45, 7) is 5.80. The van der Waals surface area contributed by atoms with E-state index < -0.39 is 0 Å². The molecular formula is C23H25ClN2O2S2. The van der Waals surface area contributed by atoms with Gasteiger partial charge in [0.1, 0.15) is 11.6 Å². The maximum atomic E-state index is 12.7. The van der Waals surface area contributed by atoms with Crippen LogP contribution in [0.4, 0.5) is 0 Å². The Bertz CT molecular complexity index is 1010. The quantitative estimate of drug-likeness (QED) is 0.419. The van der Waals surface area contributed by atoms with Crippen LogP contribution in [-0.2, 0) is 11.2 Å². The molecule has 1 aliphatic heterocycles. The molecule has 0 atom stereocenters. The molecule has 4 nitrogen and oxygen atoms in total. The van der Waals surface area contributed by atoms with Crippen LogP contribution in [0.2, 0.25) is 5.02 Å². The minimum absolute atomic E-state index is 0.0840. The molecule has 3 aromatic rings. The van der Waals surface area contributed by atoms with Crippen LogP contribution in [0.3, 0.4) is 0 Å². The number of hydrogen-bond donors (Lipinski definition) is 0. The predicted molar refractivity (Wildman–Crippen MR) is 126 cm³/mol. The number of nitrogens with zero attached hydrogens (tertiary/aromatic N) is 2. The molecule has 7 heteroatoms. The van der Waals surface area contributed by atoms with Crippen molar-refractivity contribution in [3.05, 3.63) is 53.1 Å². The molecule has 1 amide bonds. The summed E-state index contributed by atoms with van der Waals surface area (Å²) < 4.78 is 7.13. The van der Waals surface area contributed by atoms with Crippen LogP contribution in [0.15, 0.2) is 47.4 Å². The molecule has 0 spiro atoms. The number of piperidine rings is 1. The summed E-state index contributed by atoms with van der Waals surface area (Å²) in [5.41, 5.74) is 1.86. The number of benzene rings is 2. The number of thiazole rings is 1. The number of carbonyl (C=O) groups is 1. The van der Waals surface area contributed by atoms with Crippen LogP contribution < -0.4 is 4.74 Å². The van der Waals surface area contributed by atoms with Crippen molar-refractivity contribution in [1.82, 2.24) is 9.88 Å². The largest absolute Gasteiger partial charge is 0.467 e. The number of aromatic nitrogens is 1. The van der Waals surface area contributed by atoms with E-state index in [9.17, 15) is 4.79 Å². The van der Waals surface area contributed by atoms with Crippen LogP contribution in [-0.4, -0.2) is 40.2 Å². The van der Waals surface area contributed by atoms with Crippen molar-refractivity contribution in [2.45, 2.75) is 49.4 Å². The third-order valence-electron chi connectivity index (χ3n) is 5.06.